The Labute approximate surface area is 101 Å². The maximum absolute atomic E-state index is 11.8. The van der Waals surface area contributed by atoms with Crippen molar-refractivity contribution in [3.8, 4) is 5.75 Å². The Morgan fingerprint density at radius 3 is 3.06 bits per heavy atom. The van der Waals surface area contributed by atoms with Crippen LogP contribution in [0.15, 0.2) is 36.4 Å². The number of nitrogens with one attached hydrogen (secondary N) is 1. The summed E-state index contributed by atoms with van der Waals surface area (Å²) >= 11 is 0. The lowest BCUT2D eigenvalue weighted by Crippen LogP contribution is -2.40. The summed E-state index contributed by atoms with van der Waals surface area (Å²) < 4.78 is 5.37. The van der Waals surface area contributed by atoms with Crippen LogP contribution in [0.25, 0.3) is 0 Å². The molecule has 0 radical (unpaired) electrons. The van der Waals surface area contributed by atoms with Crippen LogP contribution in [0, 0.1) is 0 Å². The molecule has 2 rings (SSSR count). The van der Waals surface area contributed by atoms with Crippen molar-refractivity contribution in [3.63, 3.8) is 0 Å². The smallest absolute Gasteiger partial charge is 0.265 e. The van der Waals surface area contributed by atoms with E-state index in [1.54, 1.807) is 4.90 Å². The van der Waals surface area contributed by atoms with Crippen LogP contribution >= 0.6 is 0 Å². The van der Waals surface area contributed by atoms with Crippen LogP contribution in [-0.4, -0.2) is 32.7 Å². The molecule has 0 fully saturated rings. The van der Waals surface area contributed by atoms with Gasteiger partial charge in [-0.15, -0.1) is 0 Å². The molecule has 4 nitrogen and oxygen atoms in total. The molecule has 1 aliphatic heterocycles. The SMILES string of the molecule is C=C(CNC)CN1C(=O)COc2ccccc21. The number of carbonyl (C=O) groups excluding carboxylic acids is 1. The van der Waals surface area contributed by atoms with Gasteiger partial charge in [0.05, 0.1) is 5.69 Å². The predicted molar refractivity (Wildman–Crippen MR) is 67.4 cm³/mol. The third-order valence-electron chi connectivity index (χ3n) is 2.62. The molecule has 4 heteroatoms. The van der Waals surface area contributed by atoms with E-state index in [1.807, 2.05) is 31.3 Å². The van der Waals surface area contributed by atoms with E-state index >= 15 is 0 Å². The van der Waals surface area contributed by atoms with Crippen molar-refractivity contribution < 1.29 is 9.53 Å². The van der Waals surface area contributed by atoms with Gasteiger partial charge < -0.3 is 15.0 Å². The minimum Gasteiger partial charge on any atom is -0.482 e. The Kier molecular flexibility index (Phi) is 3.44. The highest BCUT2D eigenvalue weighted by molar-refractivity contribution is 5.98. The van der Waals surface area contributed by atoms with Crippen molar-refractivity contribution in [1.82, 2.24) is 5.32 Å². The molecular formula is C13H16N2O2. The van der Waals surface area contributed by atoms with Crippen LogP contribution in [-0.2, 0) is 4.79 Å². The number of amides is 1. The maximum atomic E-state index is 11.8. The van der Waals surface area contributed by atoms with Crippen LogP contribution in [0.4, 0.5) is 5.69 Å². The van der Waals surface area contributed by atoms with Gasteiger partial charge in [0.1, 0.15) is 5.75 Å². The number of benzene rings is 1. The van der Waals surface area contributed by atoms with E-state index < -0.39 is 0 Å². The molecule has 0 bridgehead atoms. The minimum absolute atomic E-state index is 0.0269. The quantitative estimate of drug-likeness (QED) is 0.793. The Balaban J connectivity index is 2.21. The molecule has 0 unspecified atom stereocenters. The predicted octanol–water partition coefficient (Wildman–Crippen LogP) is 1.19. The van der Waals surface area contributed by atoms with Gasteiger partial charge in [0.25, 0.3) is 5.91 Å². The fourth-order valence-electron chi connectivity index (χ4n) is 1.86. The molecule has 0 saturated carbocycles. The van der Waals surface area contributed by atoms with Crippen LogP contribution in [0.1, 0.15) is 0 Å². The maximum Gasteiger partial charge on any atom is 0.265 e. The summed E-state index contributed by atoms with van der Waals surface area (Å²) in [6.07, 6.45) is 0. The number of nitrogens with zero attached hydrogens (tertiary/aromatic N) is 1. The van der Waals surface area contributed by atoms with E-state index in [9.17, 15) is 4.79 Å². The number of fused-ring (bicyclic) bond motifs is 1. The zero-order valence-corrected chi connectivity index (χ0v) is 9.90. The van der Waals surface area contributed by atoms with Gasteiger partial charge in [-0.05, 0) is 24.8 Å². The molecule has 1 amide bonds. The van der Waals surface area contributed by atoms with Gasteiger partial charge in [-0.3, -0.25) is 4.79 Å². The molecule has 1 N–H and O–H groups in total. The van der Waals surface area contributed by atoms with Gasteiger partial charge in [-0.2, -0.15) is 0 Å². The molecule has 1 aromatic carbocycles. The molecule has 90 valence electrons. The number of rotatable bonds is 4. The normalized spacial score (nSPS) is 14.2. The van der Waals surface area contributed by atoms with Crippen LogP contribution in [0.5, 0.6) is 5.75 Å². The number of para-hydroxylation sites is 2. The first-order valence-electron chi connectivity index (χ1n) is 5.56. The Morgan fingerprint density at radius 2 is 2.29 bits per heavy atom. The van der Waals surface area contributed by atoms with Gasteiger partial charge in [0, 0.05) is 13.1 Å². The lowest BCUT2D eigenvalue weighted by Gasteiger charge is -2.29. The van der Waals surface area contributed by atoms with Crippen LogP contribution < -0.4 is 15.0 Å². The van der Waals surface area contributed by atoms with E-state index in [0.29, 0.717) is 13.1 Å². The summed E-state index contributed by atoms with van der Waals surface area (Å²) in [5.74, 6) is 0.727. The number of ether oxygens (including phenoxy) is 1. The van der Waals surface area contributed by atoms with Crippen molar-refractivity contribution in [2.75, 3.05) is 31.6 Å². The van der Waals surface area contributed by atoms with E-state index in [0.717, 1.165) is 17.0 Å². The summed E-state index contributed by atoms with van der Waals surface area (Å²) in [7, 11) is 1.86. The van der Waals surface area contributed by atoms with Crippen molar-refractivity contribution in [2.45, 2.75) is 0 Å². The Hall–Kier alpha value is -1.81. The minimum atomic E-state index is -0.0269. The Bertz CT molecular complexity index is 443. The second-order valence-electron chi connectivity index (χ2n) is 4.02. The first-order valence-corrected chi connectivity index (χ1v) is 5.56. The van der Waals surface area contributed by atoms with E-state index in [2.05, 4.69) is 11.9 Å². The van der Waals surface area contributed by atoms with E-state index in [-0.39, 0.29) is 12.5 Å². The topological polar surface area (TPSA) is 41.6 Å². The fraction of sp³-hybridized carbons (Fsp3) is 0.308. The molecule has 0 atom stereocenters. The number of hydrogen-bond donors (Lipinski definition) is 1. The lowest BCUT2D eigenvalue weighted by atomic mass is 10.2. The van der Waals surface area contributed by atoms with Crippen LogP contribution in [0.3, 0.4) is 0 Å². The summed E-state index contributed by atoms with van der Waals surface area (Å²) in [4.78, 5) is 13.6. The first kappa shape index (κ1) is 11.7. The molecule has 1 heterocycles. The second kappa shape index (κ2) is 5.01. The van der Waals surface area contributed by atoms with Gasteiger partial charge in [-0.25, -0.2) is 0 Å². The molecule has 17 heavy (non-hydrogen) atoms. The third kappa shape index (κ3) is 2.47. The molecule has 1 aliphatic rings. The monoisotopic (exact) mass is 232 g/mol. The van der Waals surface area contributed by atoms with Crippen molar-refractivity contribution in [2.24, 2.45) is 0 Å². The first-order chi connectivity index (χ1) is 8.22. The second-order valence-corrected chi connectivity index (χ2v) is 4.02. The number of likely N-dealkylation sites (N-methyl/N-ethyl adjacent to an activating group) is 1. The fourth-order valence-corrected chi connectivity index (χ4v) is 1.86. The van der Waals surface area contributed by atoms with Gasteiger partial charge >= 0.3 is 0 Å². The molecule has 1 aromatic rings. The average Bonchev–Trinajstić information content (AvgIpc) is 2.33. The zero-order valence-electron chi connectivity index (χ0n) is 9.90. The van der Waals surface area contributed by atoms with E-state index in [4.69, 9.17) is 4.74 Å². The summed E-state index contributed by atoms with van der Waals surface area (Å²) in [6, 6.07) is 7.55. The molecule has 0 spiro atoms. The third-order valence-corrected chi connectivity index (χ3v) is 2.62. The molecule has 0 aromatic heterocycles. The summed E-state index contributed by atoms with van der Waals surface area (Å²) in [5.41, 5.74) is 1.79. The van der Waals surface area contributed by atoms with Crippen molar-refractivity contribution >= 4 is 11.6 Å². The number of anilines is 1. The van der Waals surface area contributed by atoms with Crippen LogP contribution in [0.2, 0.25) is 0 Å². The lowest BCUT2D eigenvalue weighted by molar-refractivity contribution is -0.121. The highest BCUT2D eigenvalue weighted by atomic mass is 16.5. The summed E-state index contributed by atoms with van der Waals surface area (Å²) in [5, 5.41) is 3.03. The number of hydrogen-bond acceptors (Lipinski definition) is 3. The average molecular weight is 232 g/mol. The van der Waals surface area contributed by atoms with Gasteiger partial charge in [0.2, 0.25) is 0 Å². The number of carbonyl (C=O) groups is 1. The zero-order chi connectivity index (χ0) is 12.3. The Morgan fingerprint density at radius 1 is 1.53 bits per heavy atom. The van der Waals surface area contributed by atoms with E-state index in [1.165, 1.54) is 0 Å². The van der Waals surface area contributed by atoms with Crippen molar-refractivity contribution in [3.05, 3.63) is 36.4 Å². The van der Waals surface area contributed by atoms with Gasteiger partial charge in [0.15, 0.2) is 6.61 Å². The standard InChI is InChI=1S/C13H16N2O2/c1-10(7-14-2)8-15-11-5-3-4-6-12(11)17-9-13(15)16/h3-6,14H,1,7-9H2,2H3. The van der Waals surface area contributed by atoms with Gasteiger partial charge in [-0.1, -0.05) is 18.7 Å². The highest BCUT2D eigenvalue weighted by Crippen LogP contribution is 2.31. The highest BCUT2D eigenvalue weighted by Gasteiger charge is 2.25. The molecule has 0 aliphatic carbocycles. The largest absolute Gasteiger partial charge is 0.482 e. The summed E-state index contributed by atoms with van der Waals surface area (Å²) in [6.45, 7) is 5.28. The molecule has 0 saturated heterocycles. The van der Waals surface area contributed by atoms with Crippen molar-refractivity contribution in [1.29, 1.82) is 0 Å². The molecular weight excluding hydrogens is 216 g/mol.